The summed E-state index contributed by atoms with van der Waals surface area (Å²) in [4.78, 5) is 13.6. The molecule has 2 aromatic carbocycles. The largest absolute Gasteiger partial charge is 0.274 e. The fourth-order valence-electron chi connectivity index (χ4n) is 2.59. The van der Waals surface area contributed by atoms with Crippen molar-refractivity contribution in [2.45, 2.75) is 24.8 Å². The zero-order chi connectivity index (χ0) is 15.5. The third-order valence-electron chi connectivity index (χ3n) is 3.77. The van der Waals surface area contributed by atoms with Crippen molar-refractivity contribution < 1.29 is 0 Å². The number of hydrogen-bond donors (Lipinski definition) is 0. The van der Waals surface area contributed by atoms with Crippen LogP contribution in [0, 0.1) is 0 Å². The van der Waals surface area contributed by atoms with Crippen LogP contribution >= 0.6 is 11.8 Å². The fraction of sp³-hybridized carbons (Fsp3) is 0.222. The second kappa shape index (κ2) is 6.36. The molecule has 1 heterocycles. The summed E-state index contributed by atoms with van der Waals surface area (Å²) in [7, 11) is 0. The number of aromatic nitrogens is 2. The molecule has 0 saturated carbocycles. The monoisotopic (exact) mass is 310 g/mol. The molecular weight excluding hydrogens is 292 g/mol. The van der Waals surface area contributed by atoms with Gasteiger partial charge >= 0.3 is 0 Å². The summed E-state index contributed by atoms with van der Waals surface area (Å²) < 4.78 is 1.55. The maximum absolute atomic E-state index is 12.3. The topological polar surface area (TPSA) is 34.9 Å². The molecule has 0 saturated heterocycles. The molecule has 0 atom stereocenters. The van der Waals surface area contributed by atoms with E-state index in [0.29, 0.717) is 6.54 Å². The Morgan fingerprint density at radius 3 is 2.36 bits per heavy atom. The summed E-state index contributed by atoms with van der Waals surface area (Å²) in [6.07, 6.45) is 2.80. The molecule has 0 radical (unpaired) electrons. The predicted octanol–water partition coefficient (Wildman–Crippen LogP) is 3.73. The highest BCUT2D eigenvalue weighted by molar-refractivity contribution is 7.98. The van der Waals surface area contributed by atoms with Gasteiger partial charge in [-0.1, -0.05) is 30.3 Å². The van der Waals surface area contributed by atoms with Crippen LogP contribution in [0.3, 0.4) is 0 Å². The van der Waals surface area contributed by atoms with Crippen molar-refractivity contribution in [2.24, 2.45) is 0 Å². The number of rotatable bonds is 4. The molecule has 0 N–H and O–H groups in total. The molecule has 0 spiro atoms. The highest BCUT2D eigenvalue weighted by Gasteiger charge is 2.10. The van der Waals surface area contributed by atoms with E-state index in [4.69, 9.17) is 0 Å². The van der Waals surface area contributed by atoms with Crippen LogP contribution in [0.1, 0.15) is 18.2 Å². The lowest BCUT2D eigenvalue weighted by atomic mass is 10.0. The molecule has 0 unspecified atom stereocenters. The summed E-state index contributed by atoms with van der Waals surface area (Å²) >= 11 is 1.73. The maximum Gasteiger partial charge on any atom is 0.274 e. The van der Waals surface area contributed by atoms with Crippen LogP contribution in [0.2, 0.25) is 0 Å². The van der Waals surface area contributed by atoms with E-state index in [2.05, 4.69) is 35.6 Å². The highest BCUT2D eigenvalue weighted by Crippen LogP contribution is 2.19. The Morgan fingerprint density at radius 2 is 1.73 bits per heavy atom. The Balaban J connectivity index is 2.09. The van der Waals surface area contributed by atoms with Gasteiger partial charge in [-0.15, -0.1) is 11.8 Å². The van der Waals surface area contributed by atoms with Gasteiger partial charge in [0.05, 0.1) is 11.1 Å². The Kier molecular flexibility index (Phi) is 4.29. The van der Waals surface area contributed by atoms with Gasteiger partial charge in [0.15, 0.2) is 0 Å². The number of fused-ring (bicyclic) bond motifs is 1. The molecule has 3 nitrogen and oxygen atoms in total. The van der Waals surface area contributed by atoms with E-state index in [1.165, 1.54) is 10.5 Å². The van der Waals surface area contributed by atoms with E-state index in [1.54, 1.807) is 16.4 Å². The summed E-state index contributed by atoms with van der Waals surface area (Å²) in [5, 5.41) is 6.25. The van der Waals surface area contributed by atoms with Gasteiger partial charge in [0.25, 0.3) is 5.56 Å². The lowest BCUT2D eigenvalue weighted by Crippen LogP contribution is -2.23. The van der Waals surface area contributed by atoms with Crippen LogP contribution in [0.25, 0.3) is 10.8 Å². The first-order chi connectivity index (χ1) is 10.7. The zero-order valence-corrected chi connectivity index (χ0v) is 13.6. The number of aryl methyl sites for hydroxylation is 1. The first-order valence-electron chi connectivity index (χ1n) is 7.34. The van der Waals surface area contributed by atoms with Gasteiger partial charge in [-0.3, -0.25) is 4.79 Å². The summed E-state index contributed by atoms with van der Waals surface area (Å²) in [5.74, 6) is 0. The van der Waals surface area contributed by atoms with E-state index >= 15 is 0 Å². The van der Waals surface area contributed by atoms with Crippen LogP contribution in [-0.2, 0) is 13.0 Å². The number of hydrogen-bond acceptors (Lipinski definition) is 3. The van der Waals surface area contributed by atoms with Crippen LogP contribution in [-0.4, -0.2) is 16.0 Å². The van der Waals surface area contributed by atoms with Crippen molar-refractivity contribution in [2.75, 3.05) is 6.26 Å². The van der Waals surface area contributed by atoms with Gasteiger partial charge in [-0.05, 0) is 36.9 Å². The molecule has 1 aromatic heterocycles. The Labute approximate surface area is 134 Å². The number of benzene rings is 2. The molecule has 3 rings (SSSR count). The second-order valence-electron chi connectivity index (χ2n) is 5.14. The third kappa shape index (κ3) is 2.79. The first-order valence-corrected chi connectivity index (χ1v) is 8.57. The molecule has 0 aliphatic heterocycles. The van der Waals surface area contributed by atoms with Crippen molar-refractivity contribution in [3.63, 3.8) is 0 Å². The van der Waals surface area contributed by atoms with Gasteiger partial charge in [0.1, 0.15) is 0 Å². The molecule has 0 aliphatic rings. The van der Waals surface area contributed by atoms with Crippen molar-refractivity contribution >= 4 is 22.5 Å². The lowest BCUT2D eigenvalue weighted by molar-refractivity contribution is 0.610. The fourth-order valence-corrected chi connectivity index (χ4v) is 3.00. The van der Waals surface area contributed by atoms with Crippen LogP contribution in [0.15, 0.2) is 58.2 Å². The SMILES string of the molecule is CCn1nc(Cc2ccc(SC)cc2)c2ccccc2c1=O. The van der Waals surface area contributed by atoms with Gasteiger partial charge in [0, 0.05) is 23.2 Å². The average molecular weight is 310 g/mol. The van der Waals surface area contributed by atoms with Crippen molar-refractivity contribution in [3.8, 4) is 0 Å². The standard InChI is InChI=1S/C18H18N2OS/c1-3-20-18(21)16-7-5-4-6-15(16)17(19-20)12-13-8-10-14(22-2)11-9-13/h4-11H,3,12H2,1-2H3. The van der Waals surface area contributed by atoms with Crippen LogP contribution < -0.4 is 5.56 Å². The summed E-state index contributed by atoms with van der Waals surface area (Å²) in [6.45, 7) is 2.53. The second-order valence-corrected chi connectivity index (χ2v) is 6.02. The lowest BCUT2D eigenvalue weighted by Gasteiger charge is -2.10. The van der Waals surface area contributed by atoms with Gasteiger partial charge in [-0.25, -0.2) is 4.68 Å². The van der Waals surface area contributed by atoms with Gasteiger partial charge in [0.2, 0.25) is 0 Å². The van der Waals surface area contributed by atoms with E-state index in [0.717, 1.165) is 22.9 Å². The van der Waals surface area contributed by atoms with Crippen molar-refractivity contribution in [1.29, 1.82) is 0 Å². The van der Waals surface area contributed by atoms with E-state index in [-0.39, 0.29) is 5.56 Å². The normalized spacial score (nSPS) is 11.0. The predicted molar refractivity (Wildman–Crippen MR) is 92.7 cm³/mol. The Morgan fingerprint density at radius 1 is 1.05 bits per heavy atom. The molecule has 0 fully saturated rings. The number of nitrogens with zero attached hydrogens (tertiary/aromatic N) is 2. The molecule has 22 heavy (non-hydrogen) atoms. The smallest absolute Gasteiger partial charge is 0.267 e. The summed E-state index contributed by atoms with van der Waals surface area (Å²) in [5.41, 5.74) is 2.14. The van der Waals surface area contributed by atoms with Crippen molar-refractivity contribution in [1.82, 2.24) is 9.78 Å². The Hall–Kier alpha value is -2.07. The molecule has 0 bridgehead atoms. The Bertz CT molecular complexity index is 853. The average Bonchev–Trinajstić information content (AvgIpc) is 2.58. The quantitative estimate of drug-likeness (QED) is 0.689. The molecule has 112 valence electrons. The van der Waals surface area contributed by atoms with E-state index in [9.17, 15) is 4.79 Å². The van der Waals surface area contributed by atoms with E-state index in [1.807, 2.05) is 31.2 Å². The van der Waals surface area contributed by atoms with E-state index < -0.39 is 0 Å². The van der Waals surface area contributed by atoms with Gasteiger partial charge < -0.3 is 0 Å². The third-order valence-corrected chi connectivity index (χ3v) is 4.52. The minimum atomic E-state index is -0.0143. The molecule has 3 aromatic rings. The maximum atomic E-state index is 12.3. The van der Waals surface area contributed by atoms with Crippen molar-refractivity contribution in [3.05, 3.63) is 70.1 Å². The molecule has 0 aliphatic carbocycles. The zero-order valence-electron chi connectivity index (χ0n) is 12.7. The van der Waals surface area contributed by atoms with Gasteiger partial charge in [-0.2, -0.15) is 5.10 Å². The molecular formula is C18H18N2OS. The highest BCUT2D eigenvalue weighted by atomic mass is 32.2. The summed E-state index contributed by atoms with van der Waals surface area (Å²) in [6, 6.07) is 16.2. The molecule has 0 amide bonds. The first kappa shape index (κ1) is 14.9. The van der Waals surface area contributed by atoms with Crippen LogP contribution in [0.5, 0.6) is 0 Å². The number of thioether (sulfide) groups is 1. The van der Waals surface area contributed by atoms with Crippen LogP contribution in [0.4, 0.5) is 0 Å². The minimum absolute atomic E-state index is 0.0143. The minimum Gasteiger partial charge on any atom is -0.267 e. The molecule has 4 heteroatoms.